The van der Waals surface area contributed by atoms with E-state index in [1.807, 2.05) is 36.7 Å². The van der Waals surface area contributed by atoms with Gasteiger partial charge in [0.2, 0.25) is 6.61 Å². The first-order valence-electron chi connectivity index (χ1n) is 12.0. The number of nitriles is 1. The summed E-state index contributed by atoms with van der Waals surface area (Å²) in [6, 6.07) is 12.9. The van der Waals surface area contributed by atoms with Gasteiger partial charge in [0.05, 0.1) is 19.3 Å². The summed E-state index contributed by atoms with van der Waals surface area (Å²) in [4.78, 5) is 11.7. The third-order valence-electron chi connectivity index (χ3n) is 7.00. The molecule has 0 atom stereocenters. The number of halogens is 2. The summed E-state index contributed by atoms with van der Waals surface area (Å²) >= 11 is 0. The molecule has 0 saturated carbocycles. The predicted octanol–water partition coefficient (Wildman–Crippen LogP) is 4.68. The second-order valence-corrected chi connectivity index (χ2v) is 9.12. The van der Waals surface area contributed by atoms with Crippen molar-refractivity contribution in [2.24, 2.45) is 5.16 Å². The van der Waals surface area contributed by atoms with E-state index in [4.69, 9.17) is 19.6 Å². The Morgan fingerprint density at radius 1 is 1.14 bits per heavy atom. The highest BCUT2D eigenvalue weighted by Gasteiger charge is 2.42. The Bertz CT molecular complexity index is 1360. The van der Waals surface area contributed by atoms with Crippen LogP contribution >= 0.6 is 0 Å². The van der Waals surface area contributed by atoms with E-state index in [9.17, 15) is 8.78 Å². The fourth-order valence-electron chi connectivity index (χ4n) is 5.04. The number of aromatic nitrogens is 1. The van der Waals surface area contributed by atoms with Crippen molar-refractivity contribution in [1.82, 2.24) is 9.88 Å². The van der Waals surface area contributed by atoms with Crippen LogP contribution in [0, 0.1) is 23.0 Å². The second-order valence-electron chi connectivity index (χ2n) is 9.12. The molecule has 1 fully saturated rings. The molecule has 0 unspecified atom stereocenters. The van der Waals surface area contributed by atoms with Crippen LogP contribution in [0.1, 0.15) is 40.7 Å². The largest absolute Gasteiger partial charge is 0.496 e. The van der Waals surface area contributed by atoms with E-state index in [2.05, 4.69) is 15.0 Å². The molecule has 1 spiro atoms. The molecule has 0 radical (unpaired) electrons. The Morgan fingerprint density at radius 3 is 2.68 bits per heavy atom. The van der Waals surface area contributed by atoms with Crippen LogP contribution in [-0.2, 0) is 28.3 Å². The number of methoxy groups -OCH3 is 1. The molecular formula is C28H26F2N4O3. The van der Waals surface area contributed by atoms with Gasteiger partial charge in [0.25, 0.3) is 0 Å². The van der Waals surface area contributed by atoms with E-state index in [1.54, 1.807) is 13.2 Å². The number of fused-ring (bicyclic) bond motifs is 2. The van der Waals surface area contributed by atoms with E-state index in [1.165, 1.54) is 17.2 Å². The monoisotopic (exact) mass is 504 g/mol. The van der Waals surface area contributed by atoms with Crippen molar-refractivity contribution in [3.05, 3.63) is 94.3 Å². The molecule has 7 nitrogen and oxygen atoms in total. The molecule has 1 aromatic heterocycles. The van der Waals surface area contributed by atoms with Crippen LogP contribution in [0.2, 0.25) is 0 Å². The molecule has 2 aliphatic heterocycles. The molecule has 0 bridgehead atoms. The summed E-state index contributed by atoms with van der Waals surface area (Å²) in [5.41, 5.74) is 4.33. The third kappa shape index (κ3) is 5.03. The van der Waals surface area contributed by atoms with Gasteiger partial charge in [0, 0.05) is 54.3 Å². The van der Waals surface area contributed by atoms with E-state index in [0.29, 0.717) is 30.0 Å². The van der Waals surface area contributed by atoms with Crippen molar-refractivity contribution in [3.63, 3.8) is 0 Å². The molecular weight excluding hydrogens is 478 g/mol. The number of oxime groups is 1. The first-order chi connectivity index (χ1) is 18.0. The zero-order chi connectivity index (χ0) is 25.8. The lowest BCUT2D eigenvalue weighted by Gasteiger charge is -2.39. The number of rotatable bonds is 7. The number of hydrogen-bond donors (Lipinski definition) is 0. The lowest BCUT2D eigenvalue weighted by molar-refractivity contribution is -0.0800. The summed E-state index contributed by atoms with van der Waals surface area (Å²) in [7, 11) is 1.59. The van der Waals surface area contributed by atoms with E-state index in [0.717, 1.165) is 43.6 Å². The van der Waals surface area contributed by atoms with Crippen molar-refractivity contribution in [2.75, 3.05) is 26.8 Å². The number of piperidine rings is 1. The smallest absolute Gasteiger partial charge is 0.202 e. The molecule has 0 aliphatic carbocycles. The minimum Gasteiger partial charge on any atom is -0.496 e. The van der Waals surface area contributed by atoms with Crippen LogP contribution < -0.4 is 4.74 Å². The van der Waals surface area contributed by atoms with Gasteiger partial charge in [-0.25, -0.2) is 8.78 Å². The number of hydrogen-bond acceptors (Lipinski definition) is 7. The molecule has 5 rings (SSSR count). The van der Waals surface area contributed by atoms with E-state index < -0.39 is 11.6 Å². The van der Waals surface area contributed by atoms with Gasteiger partial charge in [-0.1, -0.05) is 17.3 Å². The maximum Gasteiger partial charge on any atom is 0.202 e. The zero-order valence-corrected chi connectivity index (χ0v) is 20.4. The normalized spacial score (nSPS) is 16.9. The molecule has 2 aromatic carbocycles. The lowest BCUT2D eigenvalue weighted by Crippen LogP contribution is -2.42. The Balaban J connectivity index is 1.34. The molecule has 1 saturated heterocycles. The minimum atomic E-state index is -0.999. The van der Waals surface area contributed by atoms with E-state index in [-0.39, 0.29) is 17.9 Å². The van der Waals surface area contributed by atoms with Crippen LogP contribution in [0.3, 0.4) is 0 Å². The minimum absolute atomic E-state index is 0.257. The number of benzene rings is 2. The SMILES string of the molecule is COc1cc(/C(=N/OCC#N)c2ccc(F)c(F)c2)ccc1CN1CCC2(CC1)OCc1ccncc12. The quantitative estimate of drug-likeness (QED) is 0.264. The summed E-state index contributed by atoms with van der Waals surface area (Å²) < 4.78 is 39.4. The van der Waals surface area contributed by atoms with Crippen LogP contribution in [0.25, 0.3) is 0 Å². The second kappa shape index (κ2) is 10.6. The standard InChI is InChI=1S/C28H26F2N4O3/c1-35-26-15-20(27(33-37-13-9-31)19-4-5-24(29)25(30)14-19)2-3-21(26)17-34-11-7-28(8-12-34)23-16-32-10-6-22(23)18-36-28/h2-6,10,14-16H,7-8,11-13,17-18H2,1H3/b33-27+. The number of pyridine rings is 1. The summed E-state index contributed by atoms with van der Waals surface area (Å²) in [5, 5.41) is 12.8. The van der Waals surface area contributed by atoms with Gasteiger partial charge in [-0.15, -0.1) is 0 Å². The molecule has 37 heavy (non-hydrogen) atoms. The molecule has 3 heterocycles. The highest BCUT2D eigenvalue weighted by Crippen LogP contribution is 2.44. The zero-order valence-electron chi connectivity index (χ0n) is 20.4. The average molecular weight is 505 g/mol. The maximum atomic E-state index is 13.9. The summed E-state index contributed by atoms with van der Waals surface area (Å²) in [6.45, 7) is 2.77. The maximum absolute atomic E-state index is 13.9. The van der Waals surface area contributed by atoms with Gasteiger partial charge in [-0.05, 0) is 48.7 Å². The Labute approximate surface area is 213 Å². The van der Waals surface area contributed by atoms with Gasteiger partial charge >= 0.3 is 0 Å². The number of nitrogens with zero attached hydrogens (tertiary/aromatic N) is 4. The number of ether oxygens (including phenoxy) is 2. The van der Waals surface area contributed by atoms with Crippen LogP contribution in [0.4, 0.5) is 8.78 Å². The van der Waals surface area contributed by atoms with Crippen LogP contribution in [-0.4, -0.2) is 42.4 Å². The Kier molecular flexibility index (Phi) is 7.12. The first-order valence-corrected chi connectivity index (χ1v) is 12.0. The molecule has 3 aromatic rings. The highest BCUT2D eigenvalue weighted by molar-refractivity contribution is 6.12. The fourth-order valence-corrected chi connectivity index (χ4v) is 5.04. The van der Waals surface area contributed by atoms with Crippen LogP contribution in [0.5, 0.6) is 5.75 Å². The molecule has 9 heteroatoms. The van der Waals surface area contributed by atoms with Crippen molar-refractivity contribution in [1.29, 1.82) is 5.26 Å². The molecule has 0 amide bonds. The van der Waals surface area contributed by atoms with Crippen LogP contribution in [0.15, 0.2) is 60.0 Å². The van der Waals surface area contributed by atoms with E-state index >= 15 is 0 Å². The molecule has 2 aliphatic rings. The number of likely N-dealkylation sites (tertiary alicyclic amines) is 1. The average Bonchev–Trinajstić information content (AvgIpc) is 3.28. The summed E-state index contributed by atoms with van der Waals surface area (Å²) in [6.07, 6.45) is 5.52. The van der Waals surface area contributed by atoms with Crippen molar-refractivity contribution >= 4 is 5.71 Å². The lowest BCUT2D eigenvalue weighted by atomic mass is 9.84. The van der Waals surface area contributed by atoms with Crippen molar-refractivity contribution in [2.45, 2.75) is 31.6 Å². The first kappa shape index (κ1) is 24.8. The van der Waals surface area contributed by atoms with Gasteiger partial charge in [-0.3, -0.25) is 9.88 Å². The Morgan fingerprint density at radius 2 is 1.92 bits per heavy atom. The van der Waals surface area contributed by atoms with Gasteiger partial charge in [-0.2, -0.15) is 5.26 Å². The molecule has 0 N–H and O–H groups in total. The van der Waals surface area contributed by atoms with Gasteiger partial charge < -0.3 is 14.3 Å². The fraction of sp³-hybridized carbons (Fsp3) is 0.321. The topological polar surface area (TPSA) is 80.0 Å². The van der Waals surface area contributed by atoms with Crippen molar-refractivity contribution < 1.29 is 23.1 Å². The summed E-state index contributed by atoms with van der Waals surface area (Å²) in [5.74, 6) is -1.32. The third-order valence-corrected chi connectivity index (χ3v) is 7.00. The van der Waals surface area contributed by atoms with Crippen molar-refractivity contribution in [3.8, 4) is 11.8 Å². The predicted molar refractivity (Wildman–Crippen MR) is 132 cm³/mol. The molecule has 190 valence electrons. The Hall–Kier alpha value is -3.87. The van der Waals surface area contributed by atoms with Gasteiger partial charge in [0.15, 0.2) is 11.6 Å². The highest BCUT2D eigenvalue weighted by atomic mass is 19.2. The van der Waals surface area contributed by atoms with Gasteiger partial charge in [0.1, 0.15) is 17.5 Å².